The number of hydrogen-bond donors (Lipinski definition) is 2. The van der Waals surface area contributed by atoms with E-state index in [1.54, 1.807) is 13.0 Å². The molecular formula is C21H20N4O3. The van der Waals surface area contributed by atoms with Crippen LogP contribution in [0.25, 0.3) is 0 Å². The van der Waals surface area contributed by atoms with Crippen molar-refractivity contribution in [1.29, 1.82) is 0 Å². The molecule has 1 amide bonds. The Hall–Kier alpha value is -3.61. The van der Waals surface area contributed by atoms with Gasteiger partial charge in [0.2, 0.25) is 6.79 Å². The molecule has 1 aromatic heterocycles. The maximum absolute atomic E-state index is 12.5. The molecule has 2 N–H and O–H groups in total. The molecule has 0 atom stereocenters. The Morgan fingerprint density at radius 2 is 1.79 bits per heavy atom. The van der Waals surface area contributed by atoms with Crippen LogP contribution in [0.15, 0.2) is 48.5 Å². The predicted molar refractivity (Wildman–Crippen MR) is 106 cm³/mol. The van der Waals surface area contributed by atoms with Gasteiger partial charge in [0.1, 0.15) is 17.3 Å². The third kappa shape index (κ3) is 4.03. The number of aryl methyl sites for hydroxylation is 2. The highest BCUT2D eigenvalue weighted by atomic mass is 16.7. The number of fused-ring (bicyclic) bond motifs is 1. The average Bonchev–Trinajstić information content (AvgIpc) is 3.15. The van der Waals surface area contributed by atoms with Gasteiger partial charge in [0.15, 0.2) is 11.5 Å². The van der Waals surface area contributed by atoms with E-state index in [0.29, 0.717) is 23.9 Å². The maximum Gasteiger partial charge on any atom is 0.274 e. The first-order valence-electron chi connectivity index (χ1n) is 8.93. The Morgan fingerprint density at radius 1 is 1.00 bits per heavy atom. The van der Waals surface area contributed by atoms with Crippen LogP contribution in [0.5, 0.6) is 11.5 Å². The lowest BCUT2D eigenvalue weighted by Crippen LogP contribution is -2.15. The van der Waals surface area contributed by atoms with Crippen LogP contribution in [0.1, 0.15) is 27.4 Å². The highest BCUT2D eigenvalue weighted by molar-refractivity contribution is 6.03. The SMILES string of the molecule is Cc1ccc(NC(=O)c2cc(NCc3ccc4c(c3)OCO4)nc(C)n2)cc1. The van der Waals surface area contributed by atoms with Gasteiger partial charge in [0, 0.05) is 18.3 Å². The molecule has 3 aromatic rings. The number of anilines is 2. The molecule has 0 unspecified atom stereocenters. The summed E-state index contributed by atoms with van der Waals surface area (Å²) in [4.78, 5) is 21.2. The zero-order valence-electron chi connectivity index (χ0n) is 15.7. The summed E-state index contributed by atoms with van der Waals surface area (Å²) in [7, 11) is 0. The van der Waals surface area contributed by atoms with Crippen LogP contribution >= 0.6 is 0 Å². The Bertz CT molecular complexity index is 1020. The topological polar surface area (TPSA) is 85.4 Å². The smallest absolute Gasteiger partial charge is 0.274 e. The first-order chi connectivity index (χ1) is 13.6. The average molecular weight is 376 g/mol. The molecule has 0 saturated carbocycles. The van der Waals surface area contributed by atoms with Gasteiger partial charge in [-0.05, 0) is 43.7 Å². The van der Waals surface area contributed by atoms with E-state index in [1.165, 1.54) is 0 Å². The van der Waals surface area contributed by atoms with E-state index in [9.17, 15) is 4.79 Å². The van der Waals surface area contributed by atoms with Gasteiger partial charge in [-0.2, -0.15) is 0 Å². The second kappa shape index (κ2) is 7.56. The molecule has 1 aliphatic rings. The first kappa shape index (κ1) is 17.8. The molecule has 7 nitrogen and oxygen atoms in total. The van der Waals surface area contributed by atoms with E-state index in [0.717, 1.165) is 28.3 Å². The molecule has 4 rings (SSSR count). The van der Waals surface area contributed by atoms with Crippen molar-refractivity contribution in [3.05, 3.63) is 71.2 Å². The van der Waals surface area contributed by atoms with Crippen LogP contribution in [0.4, 0.5) is 11.5 Å². The molecule has 0 aliphatic carbocycles. The number of rotatable bonds is 5. The van der Waals surface area contributed by atoms with E-state index < -0.39 is 0 Å². The summed E-state index contributed by atoms with van der Waals surface area (Å²) >= 11 is 0. The van der Waals surface area contributed by atoms with Crippen LogP contribution in [0.2, 0.25) is 0 Å². The van der Waals surface area contributed by atoms with Crippen LogP contribution in [-0.2, 0) is 6.54 Å². The molecule has 7 heteroatoms. The van der Waals surface area contributed by atoms with Crippen molar-refractivity contribution < 1.29 is 14.3 Å². The third-order valence-corrected chi connectivity index (χ3v) is 4.29. The fourth-order valence-electron chi connectivity index (χ4n) is 2.85. The van der Waals surface area contributed by atoms with Crippen LogP contribution in [0, 0.1) is 13.8 Å². The van der Waals surface area contributed by atoms with Crippen molar-refractivity contribution in [2.45, 2.75) is 20.4 Å². The van der Waals surface area contributed by atoms with Crippen molar-refractivity contribution in [3.63, 3.8) is 0 Å². The van der Waals surface area contributed by atoms with Gasteiger partial charge in [-0.25, -0.2) is 9.97 Å². The Labute approximate surface area is 162 Å². The number of nitrogens with one attached hydrogen (secondary N) is 2. The fourth-order valence-corrected chi connectivity index (χ4v) is 2.85. The number of carbonyl (C=O) groups is 1. The lowest BCUT2D eigenvalue weighted by atomic mass is 10.2. The standard InChI is InChI=1S/C21H20N4O3/c1-13-3-6-16(7-4-13)25-21(26)17-10-20(24-14(2)23-17)22-11-15-5-8-18-19(9-15)28-12-27-18/h3-10H,11-12H2,1-2H3,(H,25,26)(H,22,23,24). The molecule has 0 saturated heterocycles. The maximum atomic E-state index is 12.5. The van der Waals surface area contributed by atoms with E-state index in [1.807, 2.05) is 49.4 Å². The van der Waals surface area contributed by atoms with Crippen molar-refractivity contribution in [2.24, 2.45) is 0 Å². The highest BCUT2D eigenvalue weighted by Gasteiger charge is 2.14. The van der Waals surface area contributed by atoms with Crippen molar-refractivity contribution in [2.75, 3.05) is 17.4 Å². The monoisotopic (exact) mass is 376 g/mol. The Balaban J connectivity index is 1.45. The predicted octanol–water partition coefficient (Wildman–Crippen LogP) is 3.69. The summed E-state index contributed by atoms with van der Waals surface area (Å²) in [5.74, 6) is 2.30. The number of carbonyl (C=O) groups excluding carboxylic acids is 1. The molecule has 0 radical (unpaired) electrons. The lowest BCUT2D eigenvalue weighted by molar-refractivity contribution is 0.102. The number of ether oxygens (including phenoxy) is 2. The number of aromatic nitrogens is 2. The molecule has 142 valence electrons. The largest absolute Gasteiger partial charge is 0.454 e. The van der Waals surface area contributed by atoms with Gasteiger partial charge < -0.3 is 20.1 Å². The molecule has 2 heterocycles. The lowest BCUT2D eigenvalue weighted by Gasteiger charge is -2.10. The van der Waals surface area contributed by atoms with E-state index >= 15 is 0 Å². The van der Waals surface area contributed by atoms with Gasteiger partial charge in [-0.15, -0.1) is 0 Å². The number of amides is 1. The third-order valence-electron chi connectivity index (χ3n) is 4.29. The summed E-state index contributed by atoms with van der Waals surface area (Å²) < 4.78 is 10.7. The Morgan fingerprint density at radius 3 is 2.61 bits per heavy atom. The number of hydrogen-bond acceptors (Lipinski definition) is 6. The molecule has 28 heavy (non-hydrogen) atoms. The van der Waals surface area contributed by atoms with Gasteiger partial charge in [0.25, 0.3) is 5.91 Å². The van der Waals surface area contributed by atoms with Crippen molar-refractivity contribution in [1.82, 2.24) is 9.97 Å². The molecule has 1 aliphatic heterocycles. The molecule has 0 spiro atoms. The summed E-state index contributed by atoms with van der Waals surface area (Å²) in [6.45, 7) is 4.54. The summed E-state index contributed by atoms with van der Waals surface area (Å²) in [5, 5.41) is 6.09. The Kier molecular flexibility index (Phi) is 4.80. The summed E-state index contributed by atoms with van der Waals surface area (Å²) in [6, 6.07) is 15.0. The number of nitrogens with zero attached hydrogens (tertiary/aromatic N) is 2. The first-order valence-corrected chi connectivity index (χ1v) is 8.93. The molecular weight excluding hydrogens is 356 g/mol. The molecule has 0 fully saturated rings. The second-order valence-electron chi connectivity index (χ2n) is 6.55. The van der Waals surface area contributed by atoms with Gasteiger partial charge in [0.05, 0.1) is 0 Å². The van der Waals surface area contributed by atoms with E-state index in [2.05, 4.69) is 20.6 Å². The second-order valence-corrected chi connectivity index (χ2v) is 6.55. The van der Waals surface area contributed by atoms with Crippen LogP contribution in [-0.4, -0.2) is 22.7 Å². The summed E-state index contributed by atoms with van der Waals surface area (Å²) in [5.41, 5.74) is 3.18. The van der Waals surface area contributed by atoms with Crippen molar-refractivity contribution in [3.8, 4) is 11.5 Å². The van der Waals surface area contributed by atoms with Crippen molar-refractivity contribution >= 4 is 17.4 Å². The zero-order chi connectivity index (χ0) is 19.5. The minimum absolute atomic E-state index is 0.247. The van der Waals surface area contributed by atoms with Gasteiger partial charge in [-0.3, -0.25) is 4.79 Å². The van der Waals surface area contributed by atoms with E-state index in [4.69, 9.17) is 9.47 Å². The van der Waals surface area contributed by atoms with Crippen LogP contribution in [0.3, 0.4) is 0 Å². The quantitative estimate of drug-likeness (QED) is 0.706. The van der Waals surface area contributed by atoms with Crippen LogP contribution < -0.4 is 20.1 Å². The van der Waals surface area contributed by atoms with E-state index in [-0.39, 0.29) is 12.7 Å². The molecule has 0 bridgehead atoms. The number of benzene rings is 2. The minimum Gasteiger partial charge on any atom is -0.454 e. The molecule has 2 aromatic carbocycles. The van der Waals surface area contributed by atoms with Gasteiger partial charge in [-0.1, -0.05) is 23.8 Å². The summed E-state index contributed by atoms with van der Waals surface area (Å²) in [6.07, 6.45) is 0. The zero-order valence-corrected chi connectivity index (χ0v) is 15.7. The fraction of sp³-hybridized carbons (Fsp3) is 0.190. The minimum atomic E-state index is -0.277. The normalized spacial score (nSPS) is 11.9. The highest BCUT2D eigenvalue weighted by Crippen LogP contribution is 2.32. The van der Waals surface area contributed by atoms with Gasteiger partial charge >= 0.3 is 0 Å².